The van der Waals surface area contributed by atoms with Crippen LogP contribution in [-0.2, 0) is 7.05 Å². The maximum Gasteiger partial charge on any atom is 0.269 e. The first-order valence-corrected chi connectivity index (χ1v) is 7.65. The van der Waals surface area contributed by atoms with E-state index in [0.717, 1.165) is 23.4 Å². The maximum atomic E-state index is 12.3. The molecule has 1 aliphatic rings. The third-order valence-electron chi connectivity index (χ3n) is 4.31. The van der Waals surface area contributed by atoms with Crippen LogP contribution < -0.4 is 5.32 Å². The van der Waals surface area contributed by atoms with E-state index in [1.54, 1.807) is 10.7 Å². The first-order chi connectivity index (χ1) is 11.0. The van der Waals surface area contributed by atoms with E-state index < -0.39 is 0 Å². The molecule has 1 amide bonds. The summed E-state index contributed by atoms with van der Waals surface area (Å²) in [6.45, 7) is 4.01. The molecular formula is C16H21N5O2. The molecule has 122 valence electrons. The smallest absolute Gasteiger partial charge is 0.269 e. The molecule has 0 saturated heterocycles. The molecule has 0 aliphatic heterocycles. The number of rotatable bonds is 4. The van der Waals surface area contributed by atoms with Crippen molar-refractivity contribution in [1.82, 2.24) is 25.3 Å². The van der Waals surface area contributed by atoms with Gasteiger partial charge in [0.1, 0.15) is 5.69 Å². The summed E-state index contributed by atoms with van der Waals surface area (Å²) >= 11 is 0. The van der Waals surface area contributed by atoms with Crippen molar-refractivity contribution < 1.29 is 9.90 Å². The lowest BCUT2D eigenvalue weighted by atomic mass is 10.1. The first kappa shape index (κ1) is 15.5. The average Bonchev–Trinajstić information content (AvgIpc) is 3.20. The lowest BCUT2D eigenvalue weighted by molar-refractivity contribution is 0.0936. The number of aliphatic hydroxyl groups is 1. The van der Waals surface area contributed by atoms with Gasteiger partial charge in [0.15, 0.2) is 0 Å². The van der Waals surface area contributed by atoms with Gasteiger partial charge in [-0.2, -0.15) is 10.2 Å². The Bertz CT molecular complexity index is 759. The largest absolute Gasteiger partial charge is 0.396 e. The zero-order valence-electron chi connectivity index (χ0n) is 13.5. The highest BCUT2D eigenvalue weighted by Crippen LogP contribution is 2.25. The molecule has 2 atom stereocenters. The Morgan fingerprint density at radius 2 is 2.26 bits per heavy atom. The molecule has 1 aliphatic carbocycles. The van der Waals surface area contributed by atoms with Crippen molar-refractivity contribution >= 4 is 5.91 Å². The number of aromatic amines is 1. The van der Waals surface area contributed by atoms with E-state index in [1.165, 1.54) is 0 Å². The van der Waals surface area contributed by atoms with Crippen LogP contribution in [0.1, 0.15) is 28.3 Å². The van der Waals surface area contributed by atoms with E-state index in [0.29, 0.717) is 11.4 Å². The second-order valence-corrected chi connectivity index (χ2v) is 5.98. The highest BCUT2D eigenvalue weighted by atomic mass is 16.3. The molecule has 3 rings (SSSR count). The van der Waals surface area contributed by atoms with E-state index in [1.807, 2.05) is 33.0 Å². The van der Waals surface area contributed by atoms with Crippen molar-refractivity contribution in [2.75, 3.05) is 6.61 Å². The molecule has 0 unspecified atom stereocenters. The Balaban J connectivity index is 1.74. The Kier molecular flexibility index (Phi) is 4.04. The van der Waals surface area contributed by atoms with Crippen LogP contribution in [0.4, 0.5) is 0 Å². The summed E-state index contributed by atoms with van der Waals surface area (Å²) in [5, 5.41) is 23.5. The van der Waals surface area contributed by atoms with Crippen LogP contribution in [0.15, 0.2) is 18.2 Å². The van der Waals surface area contributed by atoms with Gasteiger partial charge < -0.3 is 10.4 Å². The van der Waals surface area contributed by atoms with Crippen LogP contribution in [0, 0.1) is 19.8 Å². The minimum absolute atomic E-state index is 0.0479. The van der Waals surface area contributed by atoms with Gasteiger partial charge in [0.2, 0.25) is 0 Å². The van der Waals surface area contributed by atoms with Crippen LogP contribution in [-0.4, -0.2) is 43.6 Å². The molecule has 2 aromatic heterocycles. The molecule has 23 heavy (non-hydrogen) atoms. The number of hydrogen-bond acceptors (Lipinski definition) is 4. The van der Waals surface area contributed by atoms with Crippen molar-refractivity contribution in [2.45, 2.75) is 26.3 Å². The van der Waals surface area contributed by atoms with Crippen molar-refractivity contribution in [3.63, 3.8) is 0 Å². The molecule has 0 radical (unpaired) electrons. The normalized spacial score (nSPS) is 20.2. The fourth-order valence-electron chi connectivity index (χ4n) is 2.97. The summed E-state index contributed by atoms with van der Waals surface area (Å²) in [7, 11) is 1.89. The zero-order chi connectivity index (χ0) is 16.6. The number of aliphatic hydroxyl groups excluding tert-OH is 1. The van der Waals surface area contributed by atoms with E-state index in [-0.39, 0.29) is 24.5 Å². The van der Waals surface area contributed by atoms with E-state index in [2.05, 4.69) is 20.6 Å². The lowest BCUT2D eigenvalue weighted by Gasteiger charge is -2.11. The summed E-state index contributed by atoms with van der Waals surface area (Å²) in [4.78, 5) is 12.3. The molecule has 0 spiro atoms. The molecule has 7 heteroatoms. The molecule has 3 N–H and O–H groups in total. The van der Waals surface area contributed by atoms with Crippen LogP contribution in [0.3, 0.4) is 0 Å². The summed E-state index contributed by atoms with van der Waals surface area (Å²) < 4.78 is 1.80. The summed E-state index contributed by atoms with van der Waals surface area (Å²) in [6, 6.07) is 1.70. The monoisotopic (exact) mass is 315 g/mol. The number of amides is 1. The fourth-order valence-corrected chi connectivity index (χ4v) is 2.97. The van der Waals surface area contributed by atoms with Gasteiger partial charge in [0.25, 0.3) is 5.91 Å². The number of aryl methyl sites for hydroxylation is 2. The van der Waals surface area contributed by atoms with Gasteiger partial charge in [-0.15, -0.1) is 0 Å². The second-order valence-electron chi connectivity index (χ2n) is 5.98. The number of nitrogens with zero attached hydrogens (tertiary/aromatic N) is 3. The number of carbonyl (C=O) groups is 1. The molecule has 0 aromatic carbocycles. The van der Waals surface area contributed by atoms with Crippen molar-refractivity contribution in [3.05, 3.63) is 35.3 Å². The van der Waals surface area contributed by atoms with E-state index in [4.69, 9.17) is 5.11 Å². The number of hydrogen-bond donors (Lipinski definition) is 3. The van der Waals surface area contributed by atoms with E-state index >= 15 is 0 Å². The number of carbonyl (C=O) groups excluding carboxylic acids is 1. The number of aromatic nitrogens is 4. The standard InChI is InChI=1S/C16H21N5O2/c1-9-15(10(2)21(3)20-9)13-7-14(19-18-13)16(23)17-12-5-4-11(6-12)8-22/h4-5,7,11-12,22H,6,8H2,1-3H3,(H,17,23)(H,18,19)/t11-,12+/m0/s1. The Hall–Kier alpha value is -2.41. The van der Waals surface area contributed by atoms with Gasteiger partial charge in [-0.1, -0.05) is 12.2 Å². The number of nitrogens with one attached hydrogen (secondary N) is 2. The number of H-pyrrole nitrogens is 1. The average molecular weight is 315 g/mol. The summed E-state index contributed by atoms with van der Waals surface area (Å²) in [5.41, 5.74) is 3.97. The fraction of sp³-hybridized carbons (Fsp3) is 0.438. The van der Waals surface area contributed by atoms with Gasteiger partial charge in [-0.25, -0.2) is 0 Å². The zero-order valence-corrected chi connectivity index (χ0v) is 13.5. The minimum atomic E-state index is -0.198. The molecule has 7 nitrogen and oxygen atoms in total. The van der Waals surface area contributed by atoms with Crippen LogP contribution in [0.2, 0.25) is 0 Å². The van der Waals surface area contributed by atoms with Gasteiger partial charge in [0, 0.05) is 36.9 Å². The molecule has 0 fully saturated rings. The predicted molar refractivity (Wildman–Crippen MR) is 85.9 cm³/mol. The van der Waals surface area contributed by atoms with Crippen LogP contribution in [0.5, 0.6) is 0 Å². The van der Waals surface area contributed by atoms with Gasteiger partial charge in [0.05, 0.1) is 11.4 Å². The first-order valence-electron chi connectivity index (χ1n) is 7.65. The third kappa shape index (κ3) is 2.92. The molecular weight excluding hydrogens is 294 g/mol. The summed E-state index contributed by atoms with van der Waals surface area (Å²) in [5.74, 6) is -0.0745. The maximum absolute atomic E-state index is 12.3. The second kappa shape index (κ2) is 6.00. The lowest BCUT2D eigenvalue weighted by Crippen LogP contribution is -2.33. The Labute approximate surface area is 134 Å². The SMILES string of the molecule is Cc1nn(C)c(C)c1-c1cc(C(=O)N[C@@H]2C=C[C@H](CO)C2)[nH]n1. The molecule has 0 bridgehead atoms. The van der Waals surface area contributed by atoms with Gasteiger partial charge in [-0.05, 0) is 26.3 Å². The van der Waals surface area contributed by atoms with E-state index in [9.17, 15) is 4.79 Å². The quantitative estimate of drug-likeness (QED) is 0.736. The third-order valence-corrected chi connectivity index (χ3v) is 4.31. The molecule has 2 aromatic rings. The predicted octanol–water partition coefficient (Wildman–Crippen LogP) is 1.09. The Morgan fingerprint density at radius 1 is 1.48 bits per heavy atom. The van der Waals surface area contributed by atoms with Crippen molar-refractivity contribution in [3.8, 4) is 11.3 Å². The van der Waals surface area contributed by atoms with Crippen molar-refractivity contribution in [1.29, 1.82) is 0 Å². The minimum Gasteiger partial charge on any atom is -0.396 e. The van der Waals surface area contributed by atoms with Crippen LogP contribution in [0.25, 0.3) is 11.3 Å². The van der Waals surface area contributed by atoms with Gasteiger partial charge >= 0.3 is 0 Å². The van der Waals surface area contributed by atoms with Crippen molar-refractivity contribution in [2.24, 2.45) is 13.0 Å². The topological polar surface area (TPSA) is 95.8 Å². The molecule has 2 heterocycles. The summed E-state index contributed by atoms with van der Waals surface area (Å²) in [6.07, 6.45) is 4.58. The van der Waals surface area contributed by atoms with Crippen LogP contribution >= 0.6 is 0 Å². The molecule has 0 saturated carbocycles. The Morgan fingerprint density at radius 3 is 2.87 bits per heavy atom. The highest BCUT2D eigenvalue weighted by molar-refractivity contribution is 5.93. The van der Waals surface area contributed by atoms with Gasteiger partial charge in [-0.3, -0.25) is 14.6 Å². The highest BCUT2D eigenvalue weighted by Gasteiger charge is 2.22.